The quantitative estimate of drug-likeness (QED) is 0.893. The van der Waals surface area contributed by atoms with Crippen LogP contribution < -0.4 is 10.0 Å². The molecule has 0 aliphatic heterocycles. The van der Waals surface area contributed by atoms with Crippen LogP contribution in [0, 0.1) is 12.7 Å². The van der Waals surface area contributed by atoms with Gasteiger partial charge in [-0.2, -0.15) is 0 Å². The normalized spacial score (nSPS) is 11.4. The number of halogens is 1. The van der Waals surface area contributed by atoms with E-state index in [4.69, 9.17) is 0 Å². The summed E-state index contributed by atoms with van der Waals surface area (Å²) in [5.41, 5.74) is 1.40. The summed E-state index contributed by atoms with van der Waals surface area (Å²) in [6.45, 7) is 2.03. The van der Waals surface area contributed by atoms with E-state index in [-0.39, 0.29) is 10.7 Å². The molecule has 0 aromatic heterocycles. The van der Waals surface area contributed by atoms with E-state index in [9.17, 15) is 12.8 Å². The fourth-order valence-corrected chi connectivity index (χ4v) is 3.31. The Balaban J connectivity index is 2.36. The molecular weight excluding hydrogens is 291 g/mol. The average molecular weight is 308 g/mol. The molecular formula is C15H17FN2O2S. The molecule has 6 heteroatoms. The Morgan fingerprint density at radius 1 is 1.14 bits per heavy atom. The van der Waals surface area contributed by atoms with Crippen LogP contribution in [0.15, 0.2) is 47.4 Å². The van der Waals surface area contributed by atoms with Crippen LogP contribution in [-0.2, 0) is 16.6 Å². The van der Waals surface area contributed by atoms with Gasteiger partial charge in [0.1, 0.15) is 5.82 Å². The van der Waals surface area contributed by atoms with Crippen molar-refractivity contribution in [3.8, 4) is 0 Å². The predicted molar refractivity (Wildman–Crippen MR) is 81.2 cm³/mol. The lowest BCUT2D eigenvalue weighted by Crippen LogP contribution is -2.17. The lowest BCUT2D eigenvalue weighted by atomic mass is 10.2. The number of aryl methyl sites for hydroxylation is 1. The van der Waals surface area contributed by atoms with Crippen molar-refractivity contribution in [2.24, 2.45) is 0 Å². The molecule has 0 aliphatic rings. The molecule has 0 fully saturated rings. The highest BCUT2D eigenvalue weighted by Gasteiger charge is 2.18. The van der Waals surface area contributed by atoms with Crippen LogP contribution in [-0.4, -0.2) is 15.5 Å². The third kappa shape index (κ3) is 3.59. The van der Waals surface area contributed by atoms with Crippen molar-refractivity contribution in [3.63, 3.8) is 0 Å². The minimum atomic E-state index is -3.71. The first kappa shape index (κ1) is 15.5. The Morgan fingerprint density at radius 3 is 2.52 bits per heavy atom. The number of hydrogen-bond acceptors (Lipinski definition) is 3. The SMILES string of the molecule is CNCc1ccccc1S(=O)(=O)Nc1ccc(F)c(C)c1. The molecule has 4 nitrogen and oxygen atoms in total. The first-order valence-corrected chi connectivity index (χ1v) is 7.94. The monoisotopic (exact) mass is 308 g/mol. The molecule has 2 aromatic carbocycles. The van der Waals surface area contributed by atoms with E-state index >= 15 is 0 Å². The summed E-state index contributed by atoms with van der Waals surface area (Å²) >= 11 is 0. The van der Waals surface area contributed by atoms with Crippen molar-refractivity contribution in [2.75, 3.05) is 11.8 Å². The zero-order chi connectivity index (χ0) is 15.5. The maximum absolute atomic E-state index is 13.2. The minimum absolute atomic E-state index is 0.210. The van der Waals surface area contributed by atoms with Gasteiger partial charge in [0.15, 0.2) is 0 Å². The Bertz CT molecular complexity index is 745. The van der Waals surface area contributed by atoms with Gasteiger partial charge in [0.05, 0.1) is 4.90 Å². The molecule has 2 N–H and O–H groups in total. The van der Waals surface area contributed by atoms with E-state index in [1.165, 1.54) is 18.2 Å². The molecule has 0 bridgehead atoms. The van der Waals surface area contributed by atoms with Crippen LogP contribution in [0.25, 0.3) is 0 Å². The van der Waals surface area contributed by atoms with Gasteiger partial charge < -0.3 is 5.32 Å². The van der Waals surface area contributed by atoms with Crippen LogP contribution in [0.4, 0.5) is 10.1 Å². The number of anilines is 1. The molecule has 0 unspecified atom stereocenters. The van der Waals surface area contributed by atoms with Gasteiger partial charge in [-0.25, -0.2) is 12.8 Å². The van der Waals surface area contributed by atoms with Gasteiger partial charge in [-0.05, 0) is 49.4 Å². The van der Waals surface area contributed by atoms with Gasteiger partial charge >= 0.3 is 0 Å². The van der Waals surface area contributed by atoms with Crippen molar-refractivity contribution in [1.82, 2.24) is 5.32 Å². The zero-order valence-electron chi connectivity index (χ0n) is 11.9. The summed E-state index contributed by atoms with van der Waals surface area (Å²) in [6.07, 6.45) is 0. The Morgan fingerprint density at radius 2 is 1.86 bits per heavy atom. The Labute approximate surface area is 124 Å². The predicted octanol–water partition coefficient (Wildman–Crippen LogP) is 2.65. The van der Waals surface area contributed by atoms with Gasteiger partial charge in [-0.1, -0.05) is 18.2 Å². The van der Waals surface area contributed by atoms with Crippen LogP contribution in [0.3, 0.4) is 0 Å². The Hall–Kier alpha value is -1.92. The van der Waals surface area contributed by atoms with Gasteiger partial charge in [-0.3, -0.25) is 4.72 Å². The lowest BCUT2D eigenvalue weighted by Gasteiger charge is -2.12. The van der Waals surface area contributed by atoms with Crippen molar-refractivity contribution in [1.29, 1.82) is 0 Å². The molecule has 0 aliphatic carbocycles. The van der Waals surface area contributed by atoms with E-state index in [0.717, 1.165) is 0 Å². The van der Waals surface area contributed by atoms with Crippen LogP contribution >= 0.6 is 0 Å². The summed E-state index contributed by atoms with van der Waals surface area (Å²) in [6, 6.07) is 10.9. The maximum Gasteiger partial charge on any atom is 0.262 e. The van der Waals surface area contributed by atoms with Crippen LogP contribution in [0.5, 0.6) is 0 Å². The van der Waals surface area contributed by atoms with E-state index in [1.54, 1.807) is 38.2 Å². The van der Waals surface area contributed by atoms with Crippen molar-refractivity contribution < 1.29 is 12.8 Å². The smallest absolute Gasteiger partial charge is 0.262 e. The second-order valence-corrected chi connectivity index (χ2v) is 6.36. The van der Waals surface area contributed by atoms with Gasteiger partial charge in [-0.15, -0.1) is 0 Å². The molecule has 2 aromatic rings. The summed E-state index contributed by atoms with van der Waals surface area (Å²) in [7, 11) is -1.96. The number of sulfonamides is 1. The number of rotatable bonds is 5. The largest absolute Gasteiger partial charge is 0.316 e. The first-order chi connectivity index (χ1) is 9.94. The molecule has 0 radical (unpaired) electrons. The number of nitrogens with one attached hydrogen (secondary N) is 2. The number of benzene rings is 2. The van der Waals surface area contributed by atoms with E-state index < -0.39 is 10.0 Å². The van der Waals surface area contributed by atoms with Crippen LogP contribution in [0.2, 0.25) is 0 Å². The van der Waals surface area contributed by atoms with Crippen LogP contribution in [0.1, 0.15) is 11.1 Å². The summed E-state index contributed by atoms with van der Waals surface area (Å²) < 4.78 is 40.6. The second-order valence-electron chi connectivity index (χ2n) is 4.71. The molecule has 0 atom stereocenters. The fraction of sp³-hybridized carbons (Fsp3) is 0.200. The molecule has 0 saturated carbocycles. The summed E-state index contributed by atoms with van der Waals surface area (Å²) in [5, 5.41) is 2.94. The third-order valence-electron chi connectivity index (χ3n) is 3.04. The first-order valence-electron chi connectivity index (χ1n) is 6.45. The molecule has 0 saturated heterocycles. The molecule has 0 heterocycles. The van der Waals surface area contributed by atoms with Gasteiger partial charge in [0, 0.05) is 12.2 Å². The van der Waals surface area contributed by atoms with Crippen molar-refractivity contribution >= 4 is 15.7 Å². The van der Waals surface area contributed by atoms with Crippen molar-refractivity contribution in [2.45, 2.75) is 18.4 Å². The topological polar surface area (TPSA) is 58.2 Å². The molecule has 2 rings (SSSR count). The highest BCUT2D eigenvalue weighted by atomic mass is 32.2. The lowest BCUT2D eigenvalue weighted by molar-refractivity contribution is 0.599. The molecule has 21 heavy (non-hydrogen) atoms. The molecule has 0 spiro atoms. The van der Waals surface area contributed by atoms with Gasteiger partial charge in [0.25, 0.3) is 10.0 Å². The summed E-state index contributed by atoms with van der Waals surface area (Å²) in [5.74, 6) is -0.367. The average Bonchev–Trinajstić information content (AvgIpc) is 2.43. The highest BCUT2D eigenvalue weighted by molar-refractivity contribution is 7.92. The van der Waals surface area contributed by atoms with E-state index in [1.807, 2.05) is 0 Å². The van der Waals surface area contributed by atoms with Crippen molar-refractivity contribution in [3.05, 3.63) is 59.4 Å². The van der Waals surface area contributed by atoms with E-state index in [2.05, 4.69) is 10.0 Å². The second kappa shape index (κ2) is 6.24. The van der Waals surface area contributed by atoms with Gasteiger partial charge in [0.2, 0.25) is 0 Å². The summed E-state index contributed by atoms with van der Waals surface area (Å²) in [4.78, 5) is 0.210. The molecule has 0 amide bonds. The zero-order valence-corrected chi connectivity index (χ0v) is 12.7. The molecule has 112 valence electrons. The minimum Gasteiger partial charge on any atom is -0.316 e. The van der Waals surface area contributed by atoms with E-state index in [0.29, 0.717) is 23.4 Å². The fourth-order valence-electron chi connectivity index (χ4n) is 2.02. The standard InChI is InChI=1S/C15H17FN2O2S/c1-11-9-13(7-8-14(11)16)18-21(19,20)15-6-4-3-5-12(15)10-17-2/h3-9,17-18H,10H2,1-2H3. The Kier molecular flexibility index (Phi) is 4.59. The highest BCUT2D eigenvalue weighted by Crippen LogP contribution is 2.21. The third-order valence-corrected chi connectivity index (χ3v) is 4.52. The number of hydrogen-bond donors (Lipinski definition) is 2. The maximum atomic E-state index is 13.2.